The molecule has 0 unspecified atom stereocenters. The molecule has 6 heterocycles. The first-order valence-electron chi connectivity index (χ1n) is 29.6. The smallest absolute Gasteiger partial charge is 0.202 e. The number of aliphatic hydroxyl groups is 3. The van der Waals surface area contributed by atoms with Crippen molar-refractivity contribution < 1.29 is 54.1 Å². The van der Waals surface area contributed by atoms with Gasteiger partial charge >= 0.3 is 0 Å². The van der Waals surface area contributed by atoms with Gasteiger partial charge in [-0.1, -0.05) is 66.5 Å². The SMILES string of the molecule is CCCC1=C(C)c2cc3[nH]c(cc4[nH]c(cc5nc(cc1n2)C(CCC)=C5C)c(CC)c4C)c(CC)c3C.CN[C@]1(C)C(C)(C)[C@](C)(O[C@H]2C[C@](O)(C(=O)CO)Cc3c(O)c4c(c(O)c32)C(=O)c2c(OC)cccc2C4=O)OC(C)(C)[C@@]1(C)O. The number of hydrogen-bond acceptors (Lipinski definition) is 14. The number of allylic oxidation sites excluding steroid dienone is 4. The molecule has 448 valence electrons. The fraction of sp³-hybridized carbons (Fsp3) is 0.485. The first-order valence-corrected chi connectivity index (χ1v) is 29.6. The number of nitrogens with zero attached hydrogens (tertiary/aromatic N) is 2. The molecule has 84 heavy (non-hydrogen) atoms. The van der Waals surface area contributed by atoms with Gasteiger partial charge in [-0.25, -0.2) is 9.97 Å². The van der Waals surface area contributed by atoms with Gasteiger partial charge in [-0.15, -0.1) is 0 Å². The lowest BCUT2D eigenvalue weighted by molar-refractivity contribution is -0.421. The van der Waals surface area contributed by atoms with E-state index < -0.39 is 99.1 Å². The van der Waals surface area contributed by atoms with Gasteiger partial charge in [0.25, 0.3) is 0 Å². The van der Waals surface area contributed by atoms with Gasteiger partial charge in [0.15, 0.2) is 17.4 Å². The minimum atomic E-state index is -2.30. The van der Waals surface area contributed by atoms with E-state index in [4.69, 9.17) is 24.2 Å². The summed E-state index contributed by atoms with van der Waals surface area (Å²) in [4.78, 5) is 58.7. The zero-order chi connectivity index (χ0) is 61.7. The molecular weight excluding hydrogens is 1060 g/mol. The van der Waals surface area contributed by atoms with Gasteiger partial charge in [-0.3, -0.25) is 14.4 Å². The maximum absolute atomic E-state index is 14.0. The van der Waals surface area contributed by atoms with Crippen molar-refractivity contribution >= 4 is 61.7 Å². The summed E-state index contributed by atoms with van der Waals surface area (Å²) in [5.74, 6) is -5.42. The van der Waals surface area contributed by atoms with E-state index in [0.717, 1.165) is 66.8 Å². The summed E-state index contributed by atoms with van der Waals surface area (Å²) in [6.07, 6.45) is 3.67. The Hall–Kier alpha value is -6.79. The van der Waals surface area contributed by atoms with Crippen molar-refractivity contribution in [3.8, 4) is 17.2 Å². The van der Waals surface area contributed by atoms with Crippen LogP contribution in [0.2, 0.25) is 0 Å². The van der Waals surface area contributed by atoms with Crippen LogP contribution >= 0.6 is 0 Å². The van der Waals surface area contributed by atoms with Gasteiger partial charge in [0, 0.05) is 57.0 Å². The van der Waals surface area contributed by atoms with Gasteiger partial charge in [0.2, 0.25) is 5.78 Å². The number of carbonyl (C=O) groups is 3. The Balaban J connectivity index is 0.000000205. The summed E-state index contributed by atoms with van der Waals surface area (Å²) in [7, 11) is 3.03. The van der Waals surface area contributed by atoms with Crippen molar-refractivity contribution in [3.05, 3.63) is 121 Å². The third-order valence-corrected chi connectivity index (χ3v) is 20.1. The number of carbonyl (C=O) groups excluding carboxylic acids is 3. The molecule has 5 aromatic rings. The first-order chi connectivity index (χ1) is 39.4. The fourth-order valence-electron chi connectivity index (χ4n) is 14.0. The molecular formula is C68H85N5O11. The molecule has 1 saturated heterocycles. The monoisotopic (exact) mass is 1150 g/mol. The number of H-pyrrole nitrogens is 2. The largest absolute Gasteiger partial charge is 0.507 e. The molecule has 5 aliphatic rings. The first kappa shape index (κ1) is 61.8. The molecule has 8 N–H and O–H groups in total. The molecule has 5 atom stereocenters. The molecule has 3 aromatic heterocycles. The van der Waals surface area contributed by atoms with Gasteiger partial charge in [0.05, 0.1) is 63.8 Å². The molecule has 0 saturated carbocycles. The maximum Gasteiger partial charge on any atom is 0.202 e. The molecule has 3 aliphatic heterocycles. The summed E-state index contributed by atoms with van der Waals surface area (Å²) < 4.78 is 18.6. The van der Waals surface area contributed by atoms with Gasteiger partial charge < -0.3 is 55.0 Å². The molecule has 0 amide bonds. The van der Waals surface area contributed by atoms with E-state index in [1.54, 1.807) is 48.6 Å². The highest BCUT2D eigenvalue weighted by atomic mass is 16.7. The van der Waals surface area contributed by atoms with Crippen LogP contribution in [0.3, 0.4) is 0 Å². The number of aryl methyl sites for hydroxylation is 4. The van der Waals surface area contributed by atoms with Gasteiger partial charge in [-0.05, 0) is 170 Å². The van der Waals surface area contributed by atoms with Crippen molar-refractivity contribution in [2.75, 3.05) is 20.8 Å². The predicted molar refractivity (Wildman–Crippen MR) is 328 cm³/mol. The third-order valence-electron chi connectivity index (χ3n) is 20.1. The second-order valence-corrected chi connectivity index (χ2v) is 25.0. The number of fused-ring (bicyclic) bond motifs is 11. The van der Waals surface area contributed by atoms with E-state index in [2.05, 4.69) is 94.9 Å². The van der Waals surface area contributed by atoms with Crippen LogP contribution in [0.15, 0.2) is 42.5 Å². The molecule has 2 aromatic carbocycles. The van der Waals surface area contributed by atoms with E-state index >= 15 is 0 Å². The summed E-state index contributed by atoms with van der Waals surface area (Å²) in [6, 6.07) is 13.5. The maximum atomic E-state index is 14.0. The summed E-state index contributed by atoms with van der Waals surface area (Å²) in [5, 5.41) is 60.0. The number of Topliss-reactive ketones (excluding diaryl/α,β-unsaturated/α-hetero) is 1. The van der Waals surface area contributed by atoms with Crippen molar-refractivity contribution in [2.24, 2.45) is 5.41 Å². The van der Waals surface area contributed by atoms with Gasteiger partial charge in [0.1, 0.15) is 35.1 Å². The topological polar surface area (TPSA) is 249 Å². The minimum Gasteiger partial charge on any atom is -0.507 e. The highest BCUT2D eigenvalue weighted by Crippen LogP contribution is 2.61. The highest BCUT2D eigenvalue weighted by Gasteiger charge is 2.72. The van der Waals surface area contributed by atoms with Crippen LogP contribution in [0.1, 0.15) is 216 Å². The predicted octanol–water partition coefficient (Wildman–Crippen LogP) is 12.0. The number of ether oxygens (including phenoxy) is 3. The van der Waals surface area contributed by atoms with Gasteiger partial charge in [-0.2, -0.15) is 0 Å². The third kappa shape index (κ3) is 9.28. The van der Waals surface area contributed by atoms with Crippen molar-refractivity contribution in [1.82, 2.24) is 25.3 Å². The number of aliphatic hydroxyl groups excluding tert-OH is 1. The number of benzene rings is 2. The lowest BCUT2D eigenvalue weighted by Crippen LogP contribution is -2.83. The molecule has 10 rings (SSSR count). The van der Waals surface area contributed by atoms with Crippen LogP contribution in [0, 0.1) is 19.3 Å². The molecule has 2 aliphatic carbocycles. The number of phenolic OH excluding ortho intramolecular Hbond substituents is 2. The Morgan fingerprint density at radius 2 is 1.25 bits per heavy atom. The number of ketones is 3. The fourth-order valence-corrected chi connectivity index (χ4v) is 14.0. The van der Waals surface area contributed by atoms with E-state index in [-0.39, 0.29) is 28.0 Å². The molecule has 16 heteroatoms. The Bertz CT molecular complexity index is 3820. The lowest BCUT2D eigenvalue weighted by Gasteiger charge is -2.68. The second-order valence-electron chi connectivity index (χ2n) is 25.0. The number of aromatic hydroxyl groups is 2. The standard InChI is InChI=1S/C34H42N4.C34H43NO11/c1-9-13-25-21(7)28-15-27-19(5)23(11-3)31(35-27)16-29-20(6)24(12-4)32(36-29)17-30-22(8)26(14-10-2)34(38-30)18-33(25)37-28;1-29(2)31(5,35-8)32(6,42)30(3,4)46-33(29,7)45-19-14-34(43,20(37)15-36)13-17-22(19)28(41)24-23(26(17)39)25(38)16-11-10-12-18(44-9)21(16)27(24)40/h15-18,35-36H,9-14H2,1-8H3;10-12,19,35-36,39,41-43H,13-15H2,1-9H3/t;19-,31+,32+,33+,34-/m.0/s1. The number of hydrogen-bond donors (Lipinski definition) is 8. The van der Waals surface area contributed by atoms with E-state index in [1.807, 2.05) is 6.92 Å². The molecule has 0 spiro atoms. The summed E-state index contributed by atoms with van der Waals surface area (Å²) in [5.41, 5.74) is 10.9. The van der Waals surface area contributed by atoms with Crippen LogP contribution in [-0.2, 0) is 33.5 Å². The number of aromatic nitrogens is 4. The van der Waals surface area contributed by atoms with E-state index in [0.29, 0.717) is 0 Å². The van der Waals surface area contributed by atoms with Crippen molar-refractivity contribution in [3.63, 3.8) is 0 Å². The van der Waals surface area contributed by atoms with Crippen LogP contribution in [-0.4, -0.2) is 112 Å². The quantitative estimate of drug-likeness (QED) is 0.0531. The Morgan fingerprint density at radius 3 is 1.76 bits per heavy atom. The van der Waals surface area contributed by atoms with E-state index in [9.17, 15) is 39.9 Å². The minimum absolute atomic E-state index is 0.0534. The molecule has 16 nitrogen and oxygen atoms in total. The van der Waals surface area contributed by atoms with Crippen LogP contribution in [0.25, 0.3) is 44.4 Å². The average molecular weight is 1150 g/mol. The number of phenols is 2. The summed E-state index contributed by atoms with van der Waals surface area (Å²) in [6.45, 7) is 29.0. The van der Waals surface area contributed by atoms with Crippen molar-refractivity contribution in [1.29, 1.82) is 0 Å². The lowest BCUT2D eigenvalue weighted by atomic mass is 9.54. The van der Waals surface area contributed by atoms with Crippen LogP contribution < -0.4 is 10.1 Å². The average Bonchev–Trinajstić information content (AvgIpc) is 0.942. The zero-order valence-electron chi connectivity index (χ0n) is 52.1. The van der Waals surface area contributed by atoms with E-state index in [1.165, 1.54) is 86.4 Å². The number of methoxy groups -OCH3 is 1. The zero-order valence-corrected chi connectivity index (χ0v) is 52.1. The highest BCUT2D eigenvalue weighted by molar-refractivity contribution is 6.31. The second kappa shape index (κ2) is 21.9. The Kier molecular flexibility index (Phi) is 16.1. The molecule has 0 radical (unpaired) electrons. The number of aromatic amines is 2. The normalized spacial score (nSPS) is 24.1. The number of rotatable bonds is 12. The Morgan fingerprint density at radius 1 is 0.726 bits per heavy atom. The molecule has 1 fully saturated rings. The van der Waals surface area contributed by atoms with Crippen LogP contribution in [0.5, 0.6) is 17.2 Å². The number of likely N-dealkylation sites (N-methyl/N-ethyl adjacent to an activating group) is 1. The molecule has 8 bridgehead atoms. The number of nitrogens with one attached hydrogen (secondary N) is 3. The van der Waals surface area contributed by atoms with Crippen molar-refractivity contribution in [2.45, 2.75) is 189 Å². The summed E-state index contributed by atoms with van der Waals surface area (Å²) >= 11 is 0. The van der Waals surface area contributed by atoms with Crippen LogP contribution in [0.4, 0.5) is 0 Å². The Labute approximate surface area is 492 Å².